The lowest BCUT2D eigenvalue weighted by Crippen LogP contribution is -2.18. The first kappa shape index (κ1) is 13.8. The second-order valence-corrected chi connectivity index (χ2v) is 2.89. The molecule has 1 unspecified atom stereocenters. The maximum atomic E-state index is 8.89. The minimum Gasteiger partial charge on any atom is -0.497 e. The van der Waals surface area contributed by atoms with Crippen LogP contribution in [0.4, 0.5) is 0 Å². The molecule has 1 atom stereocenters. The molecule has 0 radical (unpaired) electrons. The van der Waals surface area contributed by atoms with Crippen molar-refractivity contribution in [1.29, 1.82) is 5.26 Å². The summed E-state index contributed by atoms with van der Waals surface area (Å²) in [5.74, 6) is 0.807. The number of nitrogens with one attached hydrogen (secondary N) is 1. The summed E-state index contributed by atoms with van der Waals surface area (Å²) in [5.41, 5.74) is 0.968. The largest absolute Gasteiger partial charge is 0.497 e. The summed E-state index contributed by atoms with van der Waals surface area (Å²) in [6.07, 6.45) is 0. The standard InChI is InChI=1S/C11H14N2O.ClH/c1-3-13-11(8-12)9-4-6-10(14-2)7-5-9;/h4-7,11,13H,3H2,1-2H3;1H. The van der Waals surface area contributed by atoms with E-state index in [1.165, 1.54) is 0 Å². The van der Waals surface area contributed by atoms with E-state index in [4.69, 9.17) is 10.00 Å². The fraction of sp³-hybridized carbons (Fsp3) is 0.364. The van der Waals surface area contributed by atoms with E-state index < -0.39 is 0 Å². The zero-order valence-corrected chi connectivity index (χ0v) is 9.67. The molecule has 0 fully saturated rings. The number of halogens is 1. The van der Waals surface area contributed by atoms with Gasteiger partial charge in [-0.3, -0.25) is 5.32 Å². The summed E-state index contributed by atoms with van der Waals surface area (Å²) < 4.78 is 5.04. The summed E-state index contributed by atoms with van der Waals surface area (Å²) in [6.45, 7) is 2.76. The van der Waals surface area contributed by atoms with E-state index in [-0.39, 0.29) is 18.4 Å². The molecule has 3 nitrogen and oxygen atoms in total. The van der Waals surface area contributed by atoms with Crippen LogP contribution in [0.5, 0.6) is 5.75 Å². The second kappa shape index (κ2) is 7.10. The van der Waals surface area contributed by atoms with Crippen molar-refractivity contribution < 1.29 is 4.74 Å². The van der Waals surface area contributed by atoms with E-state index in [9.17, 15) is 0 Å². The van der Waals surface area contributed by atoms with Crippen molar-refractivity contribution in [2.45, 2.75) is 13.0 Å². The monoisotopic (exact) mass is 226 g/mol. The van der Waals surface area contributed by atoms with Gasteiger partial charge in [0.15, 0.2) is 0 Å². The fourth-order valence-corrected chi connectivity index (χ4v) is 1.24. The van der Waals surface area contributed by atoms with Gasteiger partial charge in [0.2, 0.25) is 0 Å². The van der Waals surface area contributed by atoms with E-state index in [2.05, 4.69) is 11.4 Å². The van der Waals surface area contributed by atoms with Crippen molar-refractivity contribution in [3.8, 4) is 11.8 Å². The van der Waals surface area contributed by atoms with Crippen LogP contribution in [0.3, 0.4) is 0 Å². The quantitative estimate of drug-likeness (QED) is 0.857. The highest BCUT2D eigenvalue weighted by Crippen LogP contribution is 2.16. The molecule has 82 valence electrons. The lowest BCUT2D eigenvalue weighted by molar-refractivity contribution is 0.414. The Hall–Kier alpha value is -1.24. The van der Waals surface area contributed by atoms with Crippen molar-refractivity contribution in [2.75, 3.05) is 13.7 Å². The Kier molecular flexibility index (Phi) is 6.52. The molecule has 0 aliphatic heterocycles. The van der Waals surface area contributed by atoms with E-state index in [1.54, 1.807) is 7.11 Å². The summed E-state index contributed by atoms with van der Waals surface area (Å²) in [5, 5.41) is 12.0. The number of hydrogen-bond acceptors (Lipinski definition) is 3. The van der Waals surface area contributed by atoms with Crippen molar-refractivity contribution in [3.05, 3.63) is 29.8 Å². The topological polar surface area (TPSA) is 45.0 Å². The Bertz CT molecular complexity index is 318. The van der Waals surface area contributed by atoms with Crippen molar-refractivity contribution >= 4 is 12.4 Å². The summed E-state index contributed by atoms with van der Waals surface area (Å²) in [6, 6.07) is 9.49. The van der Waals surface area contributed by atoms with Gasteiger partial charge in [-0.15, -0.1) is 12.4 Å². The fourth-order valence-electron chi connectivity index (χ4n) is 1.24. The molecule has 0 saturated heterocycles. The maximum absolute atomic E-state index is 8.89. The number of methoxy groups -OCH3 is 1. The van der Waals surface area contributed by atoms with Gasteiger partial charge < -0.3 is 4.74 Å². The molecule has 0 bridgehead atoms. The van der Waals surface area contributed by atoms with Crippen LogP contribution in [0.1, 0.15) is 18.5 Å². The van der Waals surface area contributed by atoms with Gasteiger partial charge in [-0.25, -0.2) is 0 Å². The van der Waals surface area contributed by atoms with Crippen LogP contribution in [0.25, 0.3) is 0 Å². The molecule has 0 amide bonds. The number of hydrogen-bond donors (Lipinski definition) is 1. The number of ether oxygens (including phenoxy) is 1. The molecule has 1 rings (SSSR count). The molecule has 0 aliphatic carbocycles. The first-order valence-electron chi connectivity index (χ1n) is 4.58. The average Bonchev–Trinajstić information content (AvgIpc) is 2.26. The van der Waals surface area contributed by atoms with Gasteiger partial charge in [0.25, 0.3) is 0 Å². The number of rotatable bonds is 4. The Morgan fingerprint density at radius 3 is 2.40 bits per heavy atom. The van der Waals surface area contributed by atoms with Crippen LogP contribution in [0.2, 0.25) is 0 Å². The number of nitriles is 1. The Labute approximate surface area is 96.5 Å². The van der Waals surface area contributed by atoms with Crippen molar-refractivity contribution in [3.63, 3.8) is 0 Å². The predicted molar refractivity (Wildman–Crippen MR) is 62.3 cm³/mol. The van der Waals surface area contributed by atoms with Crippen LogP contribution in [0.15, 0.2) is 24.3 Å². The molecule has 1 aromatic rings. The highest BCUT2D eigenvalue weighted by molar-refractivity contribution is 5.85. The lowest BCUT2D eigenvalue weighted by Gasteiger charge is -2.10. The Morgan fingerprint density at radius 2 is 2.00 bits per heavy atom. The van der Waals surface area contributed by atoms with Crippen molar-refractivity contribution in [2.24, 2.45) is 0 Å². The number of nitrogens with zero attached hydrogens (tertiary/aromatic N) is 1. The van der Waals surface area contributed by atoms with E-state index in [0.717, 1.165) is 17.9 Å². The SMILES string of the molecule is CCNC(C#N)c1ccc(OC)cc1.Cl. The smallest absolute Gasteiger partial charge is 0.121 e. The van der Waals surface area contributed by atoms with E-state index in [1.807, 2.05) is 31.2 Å². The summed E-state index contributed by atoms with van der Waals surface area (Å²) >= 11 is 0. The highest BCUT2D eigenvalue weighted by Gasteiger charge is 2.07. The minimum atomic E-state index is -0.231. The molecule has 1 aromatic carbocycles. The second-order valence-electron chi connectivity index (χ2n) is 2.89. The predicted octanol–water partition coefficient (Wildman–Crippen LogP) is 2.29. The molecule has 15 heavy (non-hydrogen) atoms. The highest BCUT2D eigenvalue weighted by atomic mass is 35.5. The minimum absolute atomic E-state index is 0. The Balaban J connectivity index is 0.00000196. The van der Waals surface area contributed by atoms with Gasteiger partial charge in [0.05, 0.1) is 13.2 Å². The van der Waals surface area contributed by atoms with Gasteiger partial charge in [0.1, 0.15) is 11.8 Å². The van der Waals surface area contributed by atoms with Gasteiger partial charge >= 0.3 is 0 Å². The first-order valence-corrected chi connectivity index (χ1v) is 4.58. The maximum Gasteiger partial charge on any atom is 0.121 e. The number of benzene rings is 1. The van der Waals surface area contributed by atoms with Gasteiger partial charge in [-0.1, -0.05) is 19.1 Å². The third-order valence-corrected chi connectivity index (χ3v) is 1.99. The lowest BCUT2D eigenvalue weighted by atomic mass is 10.1. The third-order valence-electron chi connectivity index (χ3n) is 1.99. The average molecular weight is 227 g/mol. The summed E-state index contributed by atoms with van der Waals surface area (Å²) in [4.78, 5) is 0. The van der Waals surface area contributed by atoms with Crippen LogP contribution in [0, 0.1) is 11.3 Å². The van der Waals surface area contributed by atoms with E-state index >= 15 is 0 Å². The Morgan fingerprint density at radius 1 is 1.40 bits per heavy atom. The van der Waals surface area contributed by atoms with Crippen LogP contribution in [-0.2, 0) is 0 Å². The van der Waals surface area contributed by atoms with Gasteiger partial charge in [0, 0.05) is 0 Å². The molecule has 0 aliphatic rings. The van der Waals surface area contributed by atoms with Gasteiger partial charge in [-0.05, 0) is 24.2 Å². The van der Waals surface area contributed by atoms with Gasteiger partial charge in [-0.2, -0.15) is 5.26 Å². The molecule has 0 heterocycles. The first-order chi connectivity index (χ1) is 6.81. The normalized spacial score (nSPS) is 11.0. The van der Waals surface area contributed by atoms with Crippen LogP contribution >= 0.6 is 12.4 Å². The van der Waals surface area contributed by atoms with Crippen molar-refractivity contribution in [1.82, 2.24) is 5.32 Å². The van der Waals surface area contributed by atoms with E-state index in [0.29, 0.717) is 0 Å². The molecular weight excluding hydrogens is 212 g/mol. The van der Waals surface area contributed by atoms with Crippen LogP contribution in [-0.4, -0.2) is 13.7 Å². The molecule has 0 aromatic heterocycles. The zero-order chi connectivity index (χ0) is 10.4. The summed E-state index contributed by atoms with van der Waals surface area (Å²) in [7, 11) is 1.63. The molecular formula is C11H15ClN2O. The third kappa shape index (κ3) is 3.78. The molecule has 1 N–H and O–H groups in total. The molecule has 4 heteroatoms. The zero-order valence-electron chi connectivity index (χ0n) is 8.86. The molecule has 0 saturated carbocycles. The molecule has 0 spiro atoms. The van der Waals surface area contributed by atoms with Crippen LogP contribution < -0.4 is 10.1 Å².